The first kappa shape index (κ1) is 34.2. The monoisotopic (exact) mass is 622 g/mol. The van der Waals surface area contributed by atoms with Gasteiger partial charge in [0.2, 0.25) is 0 Å². The second-order valence-electron chi connectivity index (χ2n) is 11.8. The van der Waals surface area contributed by atoms with Crippen LogP contribution in [0.4, 0.5) is 0 Å². The summed E-state index contributed by atoms with van der Waals surface area (Å²) in [5, 5.41) is 2.04. The Labute approximate surface area is 269 Å². The van der Waals surface area contributed by atoms with Crippen LogP contribution in [0.25, 0.3) is 0 Å². The van der Waals surface area contributed by atoms with Crippen molar-refractivity contribution in [2.75, 3.05) is 26.4 Å². The van der Waals surface area contributed by atoms with Crippen LogP contribution in [-0.2, 0) is 34.7 Å². The van der Waals surface area contributed by atoms with Crippen molar-refractivity contribution in [3.8, 4) is 37.0 Å². The van der Waals surface area contributed by atoms with Crippen molar-refractivity contribution in [2.24, 2.45) is 0 Å². The van der Waals surface area contributed by atoms with Crippen molar-refractivity contribution in [1.82, 2.24) is 0 Å². The number of ether oxygens (including phenoxy) is 5. The van der Waals surface area contributed by atoms with Gasteiger partial charge in [0.05, 0.1) is 13.2 Å². The van der Waals surface area contributed by atoms with E-state index in [0.29, 0.717) is 0 Å². The maximum Gasteiger partial charge on any atom is 0.261 e. The van der Waals surface area contributed by atoms with E-state index in [2.05, 4.69) is 87.1 Å². The van der Waals surface area contributed by atoms with E-state index in [-0.39, 0.29) is 38.1 Å². The van der Waals surface area contributed by atoms with Crippen molar-refractivity contribution in [2.45, 2.75) is 63.1 Å². The molecule has 0 amide bonds. The lowest BCUT2D eigenvalue weighted by atomic mass is 9.98. The molecule has 0 aromatic heterocycles. The third kappa shape index (κ3) is 8.33. The van der Waals surface area contributed by atoms with Crippen molar-refractivity contribution in [1.29, 1.82) is 0 Å². The molecule has 3 aromatic carbocycles. The number of hydrogen-bond donors (Lipinski definition) is 0. The Morgan fingerprint density at radius 2 is 1.11 bits per heavy atom. The molecular formula is C38H42O6Si. The van der Waals surface area contributed by atoms with Gasteiger partial charge in [-0.25, -0.2) is 0 Å². The minimum Gasteiger partial charge on any atom is -0.405 e. The van der Waals surface area contributed by atoms with Gasteiger partial charge in [-0.05, 0) is 21.0 Å². The number of hydrogen-bond acceptors (Lipinski definition) is 6. The zero-order chi connectivity index (χ0) is 32.1. The average molecular weight is 623 g/mol. The Bertz CT molecular complexity index is 1400. The van der Waals surface area contributed by atoms with Gasteiger partial charge in [-0.2, -0.15) is 0 Å². The minimum absolute atomic E-state index is 0.0141. The quantitative estimate of drug-likeness (QED) is 0.194. The van der Waals surface area contributed by atoms with Gasteiger partial charge in [-0.3, -0.25) is 0 Å². The van der Waals surface area contributed by atoms with Crippen molar-refractivity contribution in [3.63, 3.8) is 0 Å². The molecule has 1 saturated heterocycles. The van der Waals surface area contributed by atoms with Crippen LogP contribution in [0.5, 0.6) is 0 Å². The third-order valence-corrected chi connectivity index (χ3v) is 12.8. The molecule has 1 aliphatic heterocycles. The highest BCUT2D eigenvalue weighted by Gasteiger charge is 2.53. The molecule has 5 atom stereocenters. The summed E-state index contributed by atoms with van der Waals surface area (Å²) in [6.07, 6.45) is 13.2. The Balaban J connectivity index is 1.75. The molecule has 1 heterocycles. The van der Waals surface area contributed by atoms with Gasteiger partial charge < -0.3 is 28.1 Å². The molecule has 1 aliphatic rings. The van der Waals surface area contributed by atoms with E-state index < -0.39 is 39.0 Å². The molecule has 6 nitrogen and oxygen atoms in total. The van der Waals surface area contributed by atoms with Crippen LogP contribution in [0.1, 0.15) is 26.3 Å². The zero-order valence-corrected chi connectivity index (χ0v) is 27.3. The Kier molecular flexibility index (Phi) is 12.6. The fourth-order valence-electron chi connectivity index (χ4n) is 5.87. The molecule has 0 spiro atoms. The van der Waals surface area contributed by atoms with E-state index in [4.69, 9.17) is 47.4 Å². The molecular weight excluding hydrogens is 580 g/mol. The Hall–Kier alpha value is -3.68. The van der Waals surface area contributed by atoms with Crippen LogP contribution in [0.3, 0.4) is 0 Å². The van der Waals surface area contributed by atoms with Crippen LogP contribution < -0.4 is 10.4 Å². The summed E-state index contributed by atoms with van der Waals surface area (Å²) in [6.45, 7) is 7.18. The second-order valence-corrected chi connectivity index (χ2v) is 16.1. The fourth-order valence-corrected chi connectivity index (χ4v) is 10.4. The van der Waals surface area contributed by atoms with Crippen LogP contribution in [-0.4, -0.2) is 65.5 Å². The molecule has 7 heteroatoms. The van der Waals surface area contributed by atoms with Gasteiger partial charge in [0.1, 0.15) is 44.2 Å². The van der Waals surface area contributed by atoms with Gasteiger partial charge in [0.25, 0.3) is 8.32 Å². The summed E-state index contributed by atoms with van der Waals surface area (Å²) in [7, 11) is -2.92. The molecule has 4 rings (SSSR count). The molecule has 0 saturated carbocycles. The van der Waals surface area contributed by atoms with E-state index >= 15 is 0 Å². The lowest BCUT2D eigenvalue weighted by Gasteiger charge is -2.48. The van der Waals surface area contributed by atoms with Crippen molar-refractivity contribution >= 4 is 18.7 Å². The predicted octanol–water partition coefficient (Wildman–Crippen LogP) is 4.56. The summed E-state index contributed by atoms with van der Waals surface area (Å²) in [5.74, 6) is 7.65. The van der Waals surface area contributed by atoms with Gasteiger partial charge in [0, 0.05) is 0 Å². The smallest absolute Gasteiger partial charge is 0.261 e. The first-order chi connectivity index (χ1) is 21.9. The molecule has 0 radical (unpaired) electrons. The van der Waals surface area contributed by atoms with E-state index in [1.165, 1.54) is 0 Å². The largest absolute Gasteiger partial charge is 0.405 e. The number of rotatable bonds is 14. The molecule has 1 fully saturated rings. The highest BCUT2D eigenvalue weighted by molar-refractivity contribution is 6.99. The van der Waals surface area contributed by atoms with Gasteiger partial charge in [0.15, 0.2) is 6.29 Å². The third-order valence-electron chi connectivity index (χ3n) is 7.81. The summed E-state index contributed by atoms with van der Waals surface area (Å²) in [5.41, 5.74) is 0.976. The SMILES string of the molecule is C#CCO[C@@H]1[C@H](OCC#C)[C@@H](OCc2ccccc2)O[C@H](CO[Si](c2ccccc2)(c2ccccc2)C(C)(C)C)[C@H]1OCC#C. The lowest BCUT2D eigenvalue weighted by Crippen LogP contribution is -2.68. The van der Waals surface area contributed by atoms with E-state index in [9.17, 15) is 0 Å². The second kappa shape index (κ2) is 16.6. The van der Waals surface area contributed by atoms with E-state index in [0.717, 1.165) is 15.9 Å². The van der Waals surface area contributed by atoms with Crippen LogP contribution in [0.2, 0.25) is 5.04 Å². The van der Waals surface area contributed by atoms with Gasteiger partial charge in [-0.15, -0.1) is 19.3 Å². The van der Waals surface area contributed by atoms with Crippen LogP contribution >= 0.6 is 0 Å². The molecule has 0 unspecified atom stereocenters. The predicted molar refractivity (Wildman–Crippen MR) is 179 cm³/mol. The molecule has 234 valence electrons. The maximum absolute atomic E-state index is 7.25. The first-order valence-electron chi connectivity index (χ1n) is 15.1. The Morgan fingerprint density at radius 1 is 0.644 bits per heavy atom. The summed E-state index contributed by atoms with van der Waals surface area (Å²) >= 11 is 0. The topological polar surface area (TPSA) is 55.4 Å². The highest BCUT2D eigenvalue weighted by atomic mass is 28.4. The Morgan fingerprint density at radius 3 is 1.60 bits per heavy atom. The first-order valence-corrected chi connectivity index (χ1v) is 17.0. The molecule has 0 bridgehead atoms. The summed E-state index contributed by atoms with van der Waals surface area (Å²) in [4.78, 5) is 0. The highest BCUT2D eigenvalue weighted by Crippen LogP contribution is 2.38. The van der Waals surface area contributed by atoms with E-state index in [1.807, 2.05) is 42.5 Å². The lowest BCUT2D eigenvalue weighted by molar-refractivity contribution is -0.319. The molecule has 0 aliphatic carbocycles. The van der Waals surface area contributed by atoms with Crippen LogP contribution in [0.15, 0.2) is 91.0 Å². The molecule has 45 heavy (non-hydrogen) atoms. The normalized spacial score (nSPS) is 21.7. The summed E-state index contributed by atoms with van der Waals surface area (Å²) < 4.78 is 38.8. The zero-order valence-electron chi connectivity index (χ0n) is 26.3. The van der Waals surface area contributed by atoms with Crippen LogP contribution in [0, 0.1) is 37.0 Å². The maximum atomic E-state index is 7.25. The van der Waals surface area contributed by atoms with Crippen molar-refractivity contribution < 1.29 is 28.1 Å². The molecule has 0 N–H and O–H groups in total. The van der Waals surface area contributed by atoms with Gasteiger partial charge in [-0.1, -0.05) is 130 Å². The fraction of sp³-hybridized carbons (Fsp3) is 0.368. The minimum atomic E-state index is -2.92. The van der Waals surface area contributed by atoms with E-state index in [1.54, 1.807) is 0 Å². The average Bonchev–Trinajstić information content (AvgIpc) is 3.06. The number of benzene rings is 3. The van der Waals surface area contributed by atoms with Crippen molar-refractivity contribution in [3.05, 3.63) is 96.6 Å². The van der Waals surface area contributed by atoms with Gasteiger partial charge >= 0.3 is 0 Å². The molecule has 3 aromatic rings. The number of terminal acetylenes is 3. The standard InChI is InChI=1S/C38H42O6Si/c1-7-25-39-34-33(29-43-45(38(4,5)6,31-21-15-11-16-22-31)32-23-17-12-18-24-32)44-37(42-28-30-19-13-10-14-20-30)36(41-27-9-3)35(34)40-26-8-2/h1-3,10-24,33-37H,25-29H2,4-6H3/t33-,34-,35+,36+,37+/m1/s1. The summed E-state index contributed by atoms with van der Waals surface area (Å²) in [6, 6.07) is 30.6.